The zero-order chi connectivity index (χ0) is 4.12. The quantitative estimate of drug-likeness (QED) is 0.454. The van der Waals surface area contributed by atoms with Crippen LogP contribution in [0.4, 0.5) is 0 Å². The molecular weight excluding hydrogens is 84.1 g/mol. The van der Waals surface area contributed by atoms with Gasteiger partial charge in [-0.1, -0.05) is 0 Å². The molecule has 0 atom stereocenters. The van der Waals surface area contributed by atoms with E-state index in [1.165, 1.54) is 0 Å². The second-order valence-electron chi connectivity index (χ2n) is 0.561. The van der Waals surface area contributed by atoms with Gasteiger partial charge in [0.2, 0.25) is 0 Å². The lowest BCUT2D eigenvalue weighted by molar-refractivity contribution is 0.302. The molecule has 1 radical (unpaired) electrons. The van der Waals surface area contributed by atoms with Crippen molar-refractivity contribution in [3.8, 4) is 0 Å². The second kappa shape index (κ2) is 4.14. The van der Waals surface area contributed by atoms with Gasteiger partial charge in [-0.15, -0.1) is 0 Å². The van der Waals surface area contributed by atoms with E-state index in [-0.39, 0.29) is 0 Å². The Balaban J connectivity index is 2.19. The van der Waals surface area contributed by atoms with Gasteiger partial charge in [-0.3, -0.25) is 0 Å². The van der Waals surface area contributed by atoms with Gasteiger partial charge in [-0.05, 0) is 6.92 Å². The molecule has 0 unspecified atom stereocenters. The molecule has 0 aromatic heterocycles. The third-order valence-electron chi connectivity index (χ3n) is 0.241. The summed E-state index contributed by atoms with van der Waals surface area (Å²) in [7, 11) is -0.714. The Morgan fingerprint density at radius 3 is 2.60 bits per heavy atom. The van der Waals surface area contributed by atoms with E-state index in [0.29, 0.717) is 6.61 Å². The SMILES string of the molecule is CCO[SiH]O. The van der Waals surface area contributed by atoms with E-state index in [1.54, 1.807) is 0 Å². The summed E-state index contributed by atoms with van der Waals surface area (Å²) >= 11 is 0. The Bertz CT molecular complexity index is 15.1. The summed E-state index contributed by atoms with van der Waals surface area (Å²) in [6.45, 7) is 2.48. The van der Waals surface area contributed by atoms with Crippen LogP contribution < -0.4 is 0 Å². The van der Waals surface area contributed by atoms with Crippen LogP contribution in [-0.2, 0) is 4.43 Å². The fourth-order valence-electron chi connectivity index (χ4n) is 0.0745. The smallest absolute Gasteiger partial charge is 0.361 e. The highest BCUT2D eigenvalue weighted by Crippen LogP contribution is 1.57. The molecule has 5 heavy (non-hydrogen) atoms. The molecule has 0 aromatic carbocycles. The van der Waals surface area contributed by atoms with E-state index in [2.05, 4.69) is 4.43 Å². The molecule has 3 heteroatoms. The van der Waals surface area contributed by atoms with Crippen LogP contribution in [0.1, 0.15) is 6.92 Å². The van der Waals surface area contributed by atoms with E-state index in [9.17, 15) is 0 Å². The van der Waals surface area contributed by atoms with E-state index in [0.717, 1.165) is 0 Å². The highest BCUT2D eigenvalue weighted by Gasteiger charge is 1.70. The van der Waals surface area contributed by atoms with Crippen molar-refractivity contribution in [2.24, 2.45) is 0 Å². The average molecular weight is 91.2 g/mol. The second-order valence-corrected chi connectivity index (χ2v) is 1.10. The third kappa shape index (κ3) is 4.14. The molecule has 0 spiro atoms. The van der Waals surface area contributed by atoms with Crippen molar-refractivity contribution >= 4 is 10.0 Å². The lowest BCUT2D eigenvalue weighted by Gasteiger charge is -1.83. The van der Waals surface area contributed by atoms with Crippen molar-refractivity contribution in [2.75, 3.05) is 6.61 Å². The maximum absolute atomic E-state index is 7.93. The summed E-state index contributed by atoms with van der Waals surface area (Å²) in [5.74, 6) is 0. The summed E-state index contributed by atoms with van der Waals surface area (Å²) in [5.41, 5.74) is 0. The van der Waals surface area contributed by atoms with Crippen LogP contribution in [-0.4, -0.2) is 21.4 Å². The maximum atomic E-state index is 7.93. The molecule has 0 fully saturated rings. The molecule has 0 aromatic rings. The van der Waals surface area contributed by atoms with Crippen molar-refractivity contribution in [3.63, 3.8) is 0 Å². The lowest BCUT2D eigenvalue weighted by Crippen LogP contribution is -1.93. The molecule has 0 saturated heterocycles. The monoisotopic (exact) mass is 91.0 g/mol. The van der Waals surface area contributed by atoms with Crippen LogP contribution in [0, 0.1) is 0 Å². The van der Waals surface area contributed by atoms with Gasteiger partial charge in [-0.2, -0.15) is 0 Å². The molecule has 0 aliphatic carbocycles. The van der Waals surface area contributed by atoms with Crippen LogP contribution in [0.15, 0.2) is 0 Å². The third-order valence-corrected chi connectivity index (χ3v) is 0.724. The highest BCUT2D eigenvalue weighted by atomic mass is 28.2. The Morgan fingerprint density at radius 2 is 2.60 bits per heavy atom. The number of hydrogen-bond donors (Lipinski definition) is 1. The summed E-state index contributed by atoms with van der Waals surface area (Å²) in [6, 6.07) is 0. The minimum Gasteiger partial charge on any atom is -0.412 e. The van der Waals surface area contributed by atoms with Gasteiger partial charge in [0.05, 0.1) is 0 Å². The molecule has 0 aliphatic heterocycles. The number of hydrogen-bond acceptors (Lipinski definition) is 2. The summed E-state index contributed by atoms with van der Waals surface area (Å²) in [5, 5.41) is 0. The first-order valence-corrected chi connectivity index (χ1v) is 2.48. The Labute approximate surface area is 33.8 Å². The maximum Gasteiger partial charge on any atom is 0.361 e. The van der Waals surface area contributed by atoms with Crippen LogP contribution in [0.5, 0.6) is 0 Å². The summed E-state index contributed by atoms with van der Waals surface area (Å²) in [6.07, 6.45) is 0. The fourth-order valence-corrected chi connectivity index (χ4v) is 0.224. The largest absolute Gasteiger partial charge is 0.412 e. The van der Waals surface area contributed by atoms with Gasteiger partial charge in [0.25, 0.3) is 0 Å². The minimum atomic E-state index is -0.714. The molecule has 1 N–H and O–H groups in total. The van der Waals surface area contributed by atoms with Crippen molar-refractivity contribution in [1.82, 2.24) is 0 Å². The van der Waals surface area contributed by atoms with Gasteiger partial charge in [0, 0.05) is 6.61 Å². The van der Waals surface area contributed by atoms with Crippen molar-refractivity contribution in [2.45, 2.75) is 6.92 Å². The van der Waals surface area contributed by atoms with Crippen molar-refractivity contribution in [1.29, 1.82) is 0 Å². The van der Waals surface area contributed by atoms with E-state index in [1.807, 2.05) is 6.92 Å². The summed E-state index contributed by atoms with van der Waals surface area (Å²) in [4.78, 5) is 7.93. The topological polar surface area (TPSA) is 29.5 Å². The molecule has 31 valence electrons. The highest BCUT2D eigenvalue weighted by molar-refractivity contribution is 6.15. The van der Waals surface area contributed by atoms with Gasteiger partial charge >= 0.3 is 10.0 Å². The first-order chi connectivity index (χ1) is 2.41. The van der Waals surface area contributed by atoms with Crippen LogP contribution >= 0.6 is 0 Å². The van der Waals surface area contributed by atoms with Gasteiger partial charge in [0.1, 0.15) is 0 Å². The van der Waals surface area contributed by atoms with Crippen LogP contribution in [0.3, 0.4) is 0 Å². The minimum absolute atomic E-state index is 0.631. The number of rotatable bonds is 2. The van der Waals surface area contributed by atoms with E-state index in [4.69, 9.17) is 4.80 Å². The lowest BCUT2D eigenvalue weighted by atomic mass is 10.9. The van der Waals surface area contributed by atoms with Crippen LogP contribution in [0.2, 0.25) is 0 Å². The normalized spacial score (nSPS) is 8.40. The zero-order valence-corrected chi connectivity index (χ0v) is 4.29. The van der Waals surface area contributed by atoms with Crippen molar-refractivity contribution in [3.05, 3.63) is 0 Å². The Morgan fingerprint density at radius 1 is 2.00 bits per heavy atom. The van der Waals surface area contributed by atoms with Crippen LogP contribution in [0.25, 0.3) is 0 Å². The fraction of sp³-hybridized carbons (Fsp3) is 1.00. The first kappa shape index (κ1) is 5.14. The van der Waals surface area contributed by atoms with E-state index >= 15 is 0 Å². The Kier molecular flexibility index (Phi) is 4.25. The first-order valence-electron chi connectivity index (χ1n) is 1.49. The standard InChI is InChI=1S/C2H7O2Si/c1-2-4-5-3/h3,5H,2H2,1H3. The predicted octanol–water partition coefficient (Wildman–Crippen LogP) is -0.718. The average Bonchev–Trinajstić information content (AvgIpc) is 1.41. The van der Waals surface area contributed by atoms with Crippen molar-refractivity contribution < 1.29 is 9.22 Å². The molecular formula is C2H7O2Si. The molecule has 0 saturated carbocycles. The molecule has 0 amide bonds. The van der Waals surface area contributed by atoms with E-state index < -0.39 is 10.0 Å². The van der Waals surface area contributed by atoms with Gasteiger partial charge in [-0.25, -0.2) is 0 Å². The molecule has 2 nitrogen and oxygen atoms in total. The summed E-state index contributed by atoms with van der Waals surface area (Å²) < 4.78 is 4.47. The Hall–Kier alpha value is 0.137. The zero-order valence-electron chi connectivity index (χ0n) is 3.14. The molecule has 0 heterocycles. The molecule has 0 rings (SSSR count). The van der Waals surface area contributed by atoms with Gasteiger partial charge < -0.3 is 9.22 Å². The predicted molar refractivity (Wildman–Crippen MR) is 21.0 cm³/mol. The van der Waals surface area contributed by atoms with Gasteiger partial charge in [0.15, 0.2) is 0 Å². The molecule has 0 aliphatic rings. The molecule has 0 bridgehead atoms.